The Kier molecular flexibility index (Phi) is 5.63. The zero-order valence-corrected chi connectivity index (χ0v) is 14.3. The first-order valence-corrected chi connectivity index (χ1v) is 8.17. The van der Waals surface area contributed by atoms with Gasteiger partial charge in [0, 0.05) is 38.4 Å². The summed E-state index contributed by atoms with van der Waals surface area (Å²) in [6.45, 7) is 9.37. The molecule has 1 fully saturated rings. The molecule has 5 nitrogen and oxygen atoms in total. The van der Waals surface area contributed by atoms with Crippen LogP contribution in [0.4, 0.5) is 5.82 Å². The predicted molar refractivity (Wildman–Crippen MR) is 93.4 cm³/mol. The summed E-state index contributed by atoms with van der Waals surface area (Å²) in [5.74, 6) is 1.92. The average molecular weight is 303 g/mol. The second-order valence-electron chi connectivity index (χ2n) is 6.87. The van der Waals surface area contributed by atoms with Crippen LogP contribution in [0.25, 0.3) is 0 Å². The van der Waals surface area contributed by atoms with Gasteiger partial charge in [-0.1, -0.05) is 0 Å². The third-order valence-electron chi connectivity index (χ3n) is 3.67. The molecule has 5 heteroatoms. The van der Waals surface area contributed by atoms with Gasteiger partial charge in [0.2, 0.25) is 0 Å². The van der Waals surface area contributed by atoms with Crippen LogP contribution in [0, 0.1) is 0 Å². The standard InChI is InChI=1S/C17H29N5/c1-17(2,3)21-16(18-4)20-13-14-8-9-19-15(12-14)22-10-6-5-7-11-22/h8-9,12H,5-7,10-11,13H2,1-4H3,(H2,18,20,21). The van der Waals surface area contributed by atoms with Gasteiger partial charge in [-0.25, -0.2) is 4.98 Å². The molecule has 0 unspecified atom stereocenters. The molecule has 0 aliphatic carbocycles. The predicted octanol–water partition coefficient (Wildman–Crippen LogP) is 2.54. The van der Waals surface area contributed by atoms with Gasteiger partial charge in [-0.15, -0.1) is 0 Å². The highest BCUT2D eigenvalue weighted by molar-refractivity contribution is 5.80. The van der Waals surface area contributed by atoms with E-state index in [-0.39, 0.29) is 5.54 Å². The van der Waals surface area contributed by atoms with E-state index in [1.807, 2.05) is 6.20 Å². The number of rotatable bonds is 3. The Balaban J connectivity index is 1.95. The van der Waals surface area contributed by atoms with Crippen molar-refractivity contribution in [2.45, 2.75) is 52.1 Å². The summed E-state index contributed by atoms with van der Waals surface area (Å²) >= 11 is 0. The Hall–Kier alpha value is -1.78. The van der Waals surface area contributed by atoms with Gasteiger partial charge < -0.3 is 15.5 Å². The first kappa shape index (κ1) is 16.6. The summed E-state index contributed by atoms with van der Waals surface area (Å²) in [5, 5.41) is 6.73. The second-order valence-corrected chi connectivity index (χ2v) is 6.87. The van der Waals surface area contributed by atoms with Gasteiger partial charge in [-0.3, -0.25) is 4.99 Å². The molecule has 0 atom stereocenters. The second kappa shape index (κ2) is 7.47. The molecule has 0 bridgehead atoms. The van der Waals surface area contributed by atoms with E-state index in [9.17, 15) is 0 Å². The molecule has 0 aromatic carbocycles. The summed E-state index contributed by atoms with van der Waals surface area (Å²) in [7, 11) is 1.80. The van der Waals surface area contributed by atoms with Crippen LogP contribution in [-0.4, -0.2) is 36.6 Å². The molecule has 2 N–H and O–H groups in total. The van der Waals surface area contributed by atoms with Gasteiger partial charge in [0.1, 0.15) is 5.82 Å². The number of guanidine groups is 1. The first-order valence-electron chi connectivity index (χ1n) is 8.17. The van der Waals surface area contributed by atoms with Crippen molar-refractivity contribution >= 4 is 11.8 Å². The van der Waals surface area contributed by atoms with Crippen molar-refractivity contribution in [3.05, 3.63) is 23.9 Å². The van der Waals surface area contributed by atoms with Crippen LogP contribution in [-0.2, 0) is 6.54 Å². The third kappa shape index (κ3) is 5.20. The van der Waals surface area contributed by atoms with E-state index >= 15 is 0 Å². The Morgan fingerprint density at radius 1 is 1.27 bits per heavy atom. The normalized spacial score (nSPS) is 16.5. The quantitative estimate of drug-likeness (QED) is 0.665. The maximum atomic E-state index is 4.52. The van der Waals surface area contributed by atoms with Gasteiger partial charge in [0.05, 0.1) is 0 Å². The number of aromatic nitrogens is 1. The van der Waals surface area contributed by atoms with Crippen LogP contribution in [0.15, 0.2) is 23.3 Å². The highest BCUT2D eigenvalue weighted by Crippen LogP contribution is 2.18. The van der Waals surface area contributed by atoms with Crippen molar-refractivity contribution in [1.29, 1.82) is 0 Å². The molecule has 0 amide bonds. The Labute approximate surface area is 134 Å². The zero-order chi connectivity index (χ0) is 16.0. The van der Waals surface area contributed by atoms with E-state index in [0.29, 0.717) is 0 Å². The summed E-state index contributed by atoms with van der Waals surface area (Å²) < 4.78 is 0. The molecular formula is C17H29N5. The minimum absolute atomic E-state index is 0.000944. The smallest absolute Gasteiger partial charge is 0.191 e. The van der Waals surface area contributed by atoms with E-state index in [2.05, 4.69) is 58.4 Å². The van der Waals surface area contributed by atoms with Crippen LogP contribution in [0.2, 0.25) is 0 Å². The van der Waals surface area contributed by atoms with Crippen molar-refractivity contribution in [1.82, 2.24) is 15.6 Å². The number of hydrogen-bond acceptors (Lipinski definition) is 3. The monoisotopic (exact) mass is 303 g/mol. The number of hydrogen-bond donors (Lipinski definition) is 2. The van der Waals surface area contributed by atoms with E-state index < -0.39 is 0 Å². The number of pyridine rings is 1. The van der Waals surface area contributed by atoms with Gasteiger partial charge in [-0.05, 0) is 57.7 Å². The average Bonchev–Trinajstić information content (AvgIpc) is 2.51. The molecule has 122 valence electrons. The fourth-order valence-electron chi connectivity index (χ4n) is 2.59. The minimum atomic E-state index is -0.000944. The zero-order valence-electron chi connectivity index (χ0n) is 14.3. The van der Waals surface area contributed by atoms with Crippen LogP contribution in [0.3, 0.4) is 0 Å². The SMILES string of the molecule is CN=C(NCc1ccnc(N2CCCCC2)c1)NC(C)(C)C. The van der Waals surface area contributed by atoms with Gasteiger partial charge in [-0.2, -0.15) is 0 Å². The molecular weight excluding hydrogens is 274 g/mol. The van der Waals surface area contributed by atoms with Gasteiger partial charge in [0.25, 0.3) is 0 Å². The molecule has 0 radical (unpaired) electrons. The summed E-state index contributed by atoms with van der Waals surface area (Å²) in [6, 6.07) is 4.24. The van der Waals surface area contributed by atoms with Crippen LogP contribution >= 0.6 is 0 Å². The van der Waals surface area contributed by atoms with E-state index in [0.717, 1.165) is 31.4 Å². The fraction of sp³-hybridized carbons (Fsp3) is 0.647. The molecule has 0 spiro atoms. The lowest BCUT2D eigenvalue weighted by Crippen LogP contribution is -2.47. The van der Waals surface area contributed by atoms with Crippen LogP contribution in [0.5, 0.6) is 0 Å². The summed E-state index contributed by atoms with van der Waals surface area (Å²) in [6.07, 6.45) is 5.78. The van der Waals surface area contributed by atoms with Crippen LogP contribution in [0.1, 0.15) is 45.6 Å². The third-order valence-corrected chi connectivity index (χ3v) is 3.67. The van der Waals surface area contributed by atoms with E-state index in [1.165, 1.54) is 24.8 Å². The lowest BCUT2D eigenvalue weighted by atomic mass is 10.1. The van der Waals surface area contributed by atoms with Gasteiger partial charge >= 0.3 is 0 Å². The summed E-state index contributed by atoms with van der Waals surface area (Å²) in [4.78, 5) is 11.2. The van der Waals surface area contributed by atoms with Crippen molar-refractivity contribution in [2.24, 2.45) is 4.99 Å². The van der Waals surface area contributed by atoms with Crippen molar-refractivity contribution in [3.8, 4) is 0 Å². The lowest BCUT2D eigenvalue weighted by Gasteiger charge is -2.28. The molecule has 2 heterocycles. The Bertz CT molecular complexity index is 498. The van der Waals surface area contributed by atoms with Crippen LogP contribution < -0.4 is 15.5 Å². The number of aliphatic imine (C=N–C) groups is 1. The number of nitrogens with one attached hydrogen (secondary N) is 2. The molecule has 1 aromatic rings. The molecule has 22 heavy (non-hydrogen) atoms. The topological polar surface area (TPSA) is 52.6 Å². The van der Waals surface area contributed by atoms with E-state index in [4.69, 9.17) is 0 Å². The van der Waals surface area contributed by atoms with Crippen molar-refractivity contribution in [2.75, 3.05) is 25.0 Å². The van der Waals surface area contributed by atoms with Crippen molar-refractivity contribution < 1.29 is 0 Å². The fourth-order valence-corrected chi connectivity index (χ4v) is 2.59. The molecule has 1 aliphatic rings. The largest absolute Gasteiger partial charge is 0.357 e. The number of anilines is 1. The van der Waals surface area contributed by atoms with Gasteiger partial charge in [0.15, 0.2) is 5.96 Å². The summed E-state index contributed by atoms with van der Waals surface area (Å²) in [5.41, 5.74) is 1.23. The lowest BCUT2D eigenvalue weighted by molar-refractivity contribution is 0.501. The Morgan fingerprint density at radius 3 is 2.64 bits per heavy atom. The number of nitrogens with zero attached hydrogens (tertiary/aromatic N) is 3. The maximum absolute atomic E-state index is 4.52. The molecule has 1 aromatic heterocycles. The Morgan fingerprint density at radius 2 is 2.00 bits per heavy atom. The molecule has 0 saturated carbocycles. The molecule has 1 aliphatic heterocycles. The maximum Gasteiger partial charge on any atom is 0.191 e. The highest BCUT2D eigenvalue weighted by atomic mass is 15.2. The number of piperidine rings is 1. The molecule has 1 saturated heterocycles. The minimum Gasteiger partial charge on any atom is -0.357 e. The first-order chi connectivity index (χ1) is 10.5. The molecule has 2 rings (SSSR count). The van der Waals surface area contributed by atoms with E-state index in [1.54, 1.807) is 7.05 Å². The van der Waals surface area contributed by atoms with Crippen molar-refractivity contribution in [3.63, 3.8) is 0 Å². The highest BCUT2D eigenvalue weighted by Gasteiger charge is 2.13.